The van der Waals surface area contributed by atoms with Gasteiger partial charge in [-0.3, -0.25) is 9.69 Å². The molecule has 1 heterocycles. The van der Waals surface area contributed by atoms with Gasteiger partial charge in [-0.1, -0.05) is 17.7 Å². The summed E-state index contributed by atoms with van der Waals surface area (Å²) in [4.78, 5) is 13.5. The number of benzene rings is 2. The van der Waals surface area contributed by atoms with E-state index in [0.29, 0.717) is 49.7 Å². The predicted molar refractivity (Wildman–Crippen MR) is 119 cm³/mol. The molecule has 1 N–H and O–H groups in total. The number of likely N-dealkylation sites (tertiary alicyclic amines) is 1. The second-order valence-corrected chi connectivity index (χ2v) is 8.29. The first-order valence-electron chi connectivity index (χ1n) is 10.9. The first-order valence-corrected chi connectivity index (χ1v) is 11.3. The van der Waals surface area contributed by atoms with E-state index in [1.165, 1.54) is 6.07 Å². The van der Waals surface area contributed by atoms with Gasteiger partial charge in [-0.05, 0) is 74.7 Å². The van der Waals surface area contributed by atoms with Gasteiger partial charge in [0.05, 0.1) is 30.7 Å². The third-order valence-electron chi connectivity index (χ3n) is 5.67. The van der Waals surface area contributed by atoms with Crippen molar-refractivity contribution in [3.63, 3.8) is 0 Å². The maximum Gasteiger partial charge on any atom is 0.416 e. The van der Waals surface area contributed by atoms with Gasteiger partial charge in [-0.15, -0.1) is 0 Å². The molecule has 3 rings (SSSR count). The van der Waals surface area contributed by atoms with E-state index < -0.39 is 29.7 Å². The SMILES string of the molecule is CCOc1ccc(C(c2cc(C(F)(F)F)ccc2Cl)N2CCCC(C(=O)O)C2)cc1OCC. The number of halogens is 4. The number of carboxylic acids is 1. The van der Waals surface area contributed by atoms with Crippen molar-refractivity contribution in [1.29, 1.82) is 0 Å². The van der Waals surface area contributed by atoms with Crippen molar-refractivity contribution in [2.75, 3.05) is 26.3 Å². The summed E-state index contributed by atoms with van der Waals surface area (Å²) in [7, 11) is 0. The van der Waals surface area contributed by atoms with Gasteiger partial charge >= 0.3 is 12.1 Å². The highest BCUT2D eigenvalue weighted by Crippen LogP contribution is 2.41. The van der Waals surface area contributed by atoms with Crippen LogP contribution >= 0.6 is 11.6 Å². The van der Waals surface area contributed by atoms with Crippen LogP contribution in [0.3, 0.4) is 0 Å². The Bertz CT molecular complexity index is 983. The number of hydrogen-bond donors (Lipinski definition) is 1. The quantitative estimate of drug-likeness (QED) is 0.494. The summed E-state index contributed by atoms with van der Waals surface area (Å²) in [6, 6.07) is 7.77. The van der Waals surface area contributed by atoms with E-state index in [-0.39, 0.29) is 17.1 Å². The number of piperidine rings is 1. The highest BCUT2D eigenvalue weighted by atomic mass is 35.5. The van der Waals surface area contributed by atoms with E-state index in [2.05, 4.69) is 0 Å². The van der Waals surface area contributed by atoms with Crippen molar-refractivity contribution in [1.82, 2.24) is 4.90 Å². The Kier molecular flexibility index (Phi) is 8.13. The topological polar surface area (TPSA) is 59.0 Å². The molecule has 2 aromatic rings. The van der Waals surface area contributed by atoms with Crippen LogP contribution in [0.2, 0.25) is 5.02 Å². The number of ether oxygens (including phenoxy) is 2. The zero-order valence-electron chi connectivity index (χ0n) is 18.5. The maximum absolute atomic E-state index is 13.5. The molecule has 0 aliphatic carbocycles. The van der Waals surface area contributed by atoms with Crippen molar-refractivity contribution in [2.24, 2.45) is 5.92 Å². The van der Waals surface area contributed by atoms with Crippen LogP contribution in [-0.4, -0.2) is 42.3 Å². The Labute approximate surface area is 196 Å². The maximum atomic E-state index is 13.5. The highest BCUT2D eigenvalue weighted by molar-refractivity contribution is 6.31. The van der Waals surface area contributed by atoms with Crippen LogP contribution in [0.1, 0.15) is 49.4 Å². The molecule has 1 fully saturated rings. The van der Waals surface area contributed by atoms with E-state index in [1.807, 2.05) is 18.7 Å². The molecule has 2 atom stereocenters. The molecular formula is C24H27ClF3NO4. The fourth-order valence-corrected chi connectivity index (χ4v) is 4.42. The van der Waals surface area contributed by atoms with Crippen molar-refractivity contribution in [3.8, 4) is 11.5 Å². The molecule has 0 saturated carbocycles. The summed E-state index contributed by atoms with van der Waals surface area (Å²) in [5.74, 6) is -0.536. The Morgan fingerprint density at radius 3 is 2.48 bits per heavy atom. The minimum Gasteiger partial charge on any atom is -0.490 e. The van der Waals surface area contributed by atoms with E-state index in [1.54, 1.807) is 18.2 Å². The zero-order valence-corrected chi connectivity index (χ0v) is 19.2. The molecule has 0 spiro atoms. The van der Waals surface area contributed by atoms with Gasteiger partial charge in [0.25, 0.3) is 0 Å². The van der Waals surface area contributed by atoms with E-state index in [0.717, 1.165) is 12.1 Å². The minimum atomic E-state index is -4.54. The zero-order chi connectivity index (χ0) is 24.2. The fourth-order valence-electron chi connectivity index (χ4n) is 4.20. The lowest BCUT2D eigenvalue weighted by Gasteiger charge is -2.38. The van der Waals surface area contributed by atoms with Crippen LogP contribution in [0, 0.1) is 5.92 Å². The minimum absolute atomic E-state index is 0.178. The van der Waals surface area contributed by atoms with Crippen LogP contribution in [-0.2, 0) is 11.0 Å². The number of rotatable bonds is 8. The van der Waals surface area contributed by atoms with Crippen LogP contribution in [0.15, 0.2) is 36.4 Å². The lowest BCUT2D eigenvalue weighted by atomic mass is 9.90. The number of hydrogen-bond acceptors (Lipinski definition) is 4. The van der Waals surface area contributed by atoms with Gasteiger partial charge in [-0.2, -0.15) is 13.2 Å². The van der Waals surface area contributed by atoms with Crippen molar-refractivity contribution in [2.45, 2.75) is 38.9 Å². The number of alkyl halides is 3. The summed E-state index contributed by atoms with van der Waals surface area (Å²) in [6.45, 7) is 5.19. The number of nitrogens with zero attached hydrogens (tertiary/aromatic N) is 1. The first kappa shape index (κ1) is 25.2. The third kappa shape index (κ3) is 5.92. The van der Waals surface area contributed by atoms with E-state index >= 15 is 0 Å². The van der Waals surface area contributed by atoms with Crippen LogP contribution < -0.4 is 9.47 Å². The smallest absolute Gasteiger partial charge is 0.416 e. The van der Waals surface area contributed by atoms with Crippen molar-refractivity contribution >= 4 is 17.6 Å². The molecule has 1 saturated heterocycles. The standard InChI is InChI=1S/C24H27ClF3NO4/c1-3-32-20-10-7-15(12-21(20)33-4-2)22(29-11-5-6-16(14-29)23(30)31)18-13-17(24(26,27)28)8-9-19(18)25/h7-10,12-13,16,22H,3-6,11,14H2,1-2H3,(H,30,31). The average molecular weight is 486 g/mol. The summed E-state index contributed by atoms with van der Waals surface area (Å²) in [5, 5.41) is 9.73. The highest BCUT2D eigenvalue weighted by Gasteiger charge is 2.36. The van der Waals surface area contributed by atoms with Crippen LogP contribution in [0.5, 0.6) is 11.5 Å². The van der Waals surface area contributed by atoms with Gasteiger partial charge in [0.15, 0.2) is 11.5 Å². The summed E-state index contributed by atoms with van der Waals surface area (Å²) in [6.07, 6.45) is -3.41. The van der Waals surface area contributed by atoms with Crippen molar-refractivity contribution in [3.05, 3.63) is 58.1 Å². The molecule has 2 aromatic carbocycles. The lowest BCUT2D eigenvalue weighted by Crippen LogP contribution is -2.41. The molecule has 0 amide bonds. The summed E-state index contributed by atoms with van der Waals surface area (Å²) >= 11 is 6.42. The predicted octanol–water partition coefficient (Wildman–Crippen LogP) is 6.04. The Hall–Kier alpha value is -2.45. The molecule has 1 aliphatic heterocycles. The molecular weight excluding hydrogens is 459 g/mol. The fraction of sp³-hybridized carbons (Fsp3) is 0.458. The molecule has 2 unspecified atom stereocenters. The van der Waals surface area contributed by atoms with Gasteiger partial charge in [0.2, 0.25) is 0 Å². The van der Waals surface area contributed by atoms with Gasteiger partial charge in [-0.25, -0.2) is 0 Å². The van der Waals surface area contributed by atoms with Gasteiger partial charge in [0, 0.05) is 11.6 Å². The molecule has 0 aromatic heterocycles. The average Bonchev–Trinajstić information content (AvgIpc) is 2.76. The van der Waals surface area contributed by atoms with Crippen molar-refractivity contribution < 1.29 is 32.5 Å². The summed E-state index contributed by atoms with van der Waals surface area (Å²) in [5.41, 5.74) is 0.105. The van der Waals surface area contributed by atoms with Crippen LogP contribution in [0.4, 0.5) is 13.2 Å². The third-order valence-corrected chi connectivity index (χ3v) is 6.01. The van der Waals surface area contributed by atoms with Crippen LogP contribution in [0.25, 0.3) is 0 Å². The second kappa shape index (κ2) is 10.7. The molecule has 33 heavy (non-hydrogen) atoms. The molecule has 9 heteroatoms. The molecule has 5 nitrogen and oxygen atoms in total. The van der Waals surface area contributed by atoms with E-state index in [9.17, 15) is 23.1 Å². The molecule has 0 radical (unpaired) electrons. The monoisotopic (exact) mass is 485 g/mol. The number of carbonyl (C=O) groups is 1. The number of carboxylic acid groups (broad SMARTS) is 1. The Morgan fingerprint density at radius 1 is 1.15 bits per heavy atom. The Balaban J connectivity index is 2.15. The van der Waals surface area contributed by atoms with Gasteiger partial charge < -0.3 is 14.6 Å². The van der Waals surface area contributed by atoms with E-state index in [4.69, 9.17) is 21.1 Å². The lowest BCUT2D eigenvalue weighted by molar-refractivity contribution is -0.143. The second-order valence-electron chi connectivity index (χ2n) is 7.88. The Morgan fingerprint density at radius 2 is 1.85 bits per heavy atom. The molecule has 0 bridgehead atoms. The number of aliphatic carboxylic acids is 1. The molecule has 1 aliphatic rings. The van der Waals surface area contributed by atoms with Gasteiger partial charge in [0.1, 0.15) is 0 Å². The summed E-state index contributed by atoms with van der Waals surface area (Å²) < 4.78 is 51.9. The normalized spacial score (nSPS) is 18.1. The largest absolute Gasteiger partial charge is 0.490 e. The molecule has 180 valence electrons. The first-order chi connectivity index (χ1) is 15.7.